The zero-order valence-electron chi connectivity index (χ0n) is 17.0. The van der Waals surface area contributed by atoms with Gasteiger partial charge in [0.1, 0.15) is 16.3 Å². The molecule has 0 aliphatic heterocycles. The van der Waals surface area contributed by atoms with E-state index in [-0.39, 0.29) is 16.9 Å². The SMILES string of the molecule is CCOc1ccc(-c2nc(-c3cc(CO)c(O)c(C(=O)OC)c3)cs2)cc1OCC. The standard InChI is InChI=1S/C22H23NO6S/c1-4-28-18-7-6-13(10-19(18)29-5-2)21-23-17(12-30-21)14-8-15(11-24)20(25)16(9-14)22(26)27-3/h6-10,12,24-25H,4-5,11H2,1-3H3. The molecule has 2 N–H and O–H groups in total. The molecule has 0 amide bonds. The third kappa shape index (κ3) is 4.39. The Morgan fingerprint density at radius 1 is 1.07 bits per heavy atom. The summed E-state index contributed by atoms with van der Waals surface area (Å²) in [6, 6.07) is 8.75. The monoisotopic (exact) mass is 429 g/mol. The fourth-order valence-electron chi connectivity index (χ4n) is 2.95. The van der Waals surface area contributed by atoms with E-state index in [0.717, 1.165) is 10.6 Å². The average molecular weight is 429 g/mol. The van der Waals surface area contributed by atoms with E-state index in [4.69, 9.17) is 14.2 Å². The molecule has 1 aromatic heterocycles. The number of rotatable bonds is 8. The van der Waals surface area contributed by atoms with Crippen LogP contribution < -0.4 is 9.47 Å². The fraction of sp³-hybridized carbons (Fsp3) is 0.273. The molecule has 0 saturated carbocycles. The number of aromatic nitrogens is 1. The average Bonchev–Trinajstić information content (AvgIpc) is 3.25. The summed E-state index contributed by atoms with van der Waals surface area (Å²) in [5.41, 5.74) is 2.28. The van der Waals surface area contributed by atoms with Crippen LogP contribution in [0.25, 0.3) is 21.8 Å². The molecule has 3 rings (SSSR count). The lowest BCUT2D eigenvalue weighted by molar-refractivity contribution is 0.0597. The van der Waals surface area contributed by atoms with Gasteiger partial charge in [-0.3, -0.25) is 0 Å². The van der Waals surface area contributed by atoms with E-state index in [2.05, 4.69) is 4.98 Å². The number of aliphatic hydroxyl groups is 1. The van der Waals surface area contributed by atoms with E-state index in [1.807, 2.05) is 37.4 Å². The molecule has 0 bridgehead atoms. The topological polar surface area (TPSA) is 98.1 Å². The van der Waals surface area contributed by atoms with Crippen LogP contribution in [-0.2, 0) is 11.3 Å². The van der Waals surface area contributed by atoms with Gasteiger partial charge in [-0.25, -0.2) is 9.78 Å². The number of benzene rings is 2. The Balaban J connectivity index is 2.01. The van der Waals surface area contributed by atoms with Crippen molar-refractivity contribution < 1.29 is 29.2 Å². The molecule has 0 saturated heterocycles. The first-order chi connectivity index (χ1) is 14.5. The summed E-state index contributed by atoms with van der Waals surface area (Å²) >= 11 is 1.43. The number of carbonyl (C=O) groups is 1. The van der Waals surface area contributed by atoms with Gasteiger partial charge in [0.05, 0.1) is 32.6 Å². The Hall–Kier alpha value is -3.10. The second-order valence-corrected chi connectivity index (χ2v) is 7.10. The van der Waals surface area contributed by atoms with Gasteiger partial charge >= 0.3 is 5.97 Å². The molecule has 3 aromatic rings. The van der Waals surface area contributed by atoms with Crippen LogP contribution in [0.4, 0.5) is 0 Å². The first-order valence-corrected chi connectivity index (χ1v) is 10.3. The maximum Gasteiger partial charge on any atom is 0.341 e. The van der Waals surface area contributed by atoms with E-state index < -0.39 is 12.6 Å². The summed E-state index contributed by atoms with van der Waals surface area (Å²) < 4.78 is 16.0. The number of carbonyl (C=O) groups excluding carboxylic acids is 1. The van der Waals surface area contributed by atoms with Gasteiger partial charge in [0, 0.05) is 22.1 Å². The van der Waals surface area contributed by atoms with Gasteiger partial charge in [-0.15, -0.1) is 11.3 Å². The third-order valence-electron chi connectivity index (χ3n) is 4.35. The maximum atomic E-state index is 12.0. The number of hydrogen-bond acceptors (Lipinski definition) is 8. The molecule has 7 nitrogen and oxygen atoms in total. The van der Waals surface area contributed by atoms with E-state index in [1.165, 1.54) is 24.5 Å². The van der Waals surface area contributed by atoms with Crippen molar-refractivity contribution in [2.24, 2.45) is 0 Å². The molecule has 0 radical (unpaired) electrons. The minimum atomic E-state index is -0.688. The summed E-state index contributed by atoms with van der Waals surface area (Å²) in [5, 5.41) is 22.3. The largest absolute Gasteiger partial charge is 0.507 e. The normalized spacial score (nSPS) is 10.7. The quantitative estimate of drug-likeness (QED) is 0.516. The zero-order valence-corrected chi connectivity index (χ0v) is 17.8. The van der Waals surface area contributed by atoms with Crippen LogP contribution in [0.5, 0.6) is 17.2 Å². The van der Waals surface area contributed by atoms with Crippen LogP contribution in [0.1, 0.15) is 29.8 Å². The van der Waals surface area contributed by atoms with Gasteiger partial charge in [-0.05, 0) is 44.2 Å². The van der Waals surface area contributed by atoms with E-state index in [9.17, 15) is 15.0 Å². The summed E-state index contributed by atoms with van der Waals surface area (Å²) in [4.78, 5) is 16.7. The van der Waals surface area contributed by atoms with Crippen LogP contribution in [0.15, 0.2) is 35.7 Å². The summed E-state index contributed by atoms with van der Waals surface area (Å²) in [7, 11) is 1.23. The molecule has 0 unspecified atom stereocenters. The third-order valence-corrected chi connectivity index (χ3v) is 5.25. The fourth-order valence-corrected chi connectivity index (χ4v) is 3.78. The van der Waals surface area contributed by atoms with E-state index in [1.54, 1.807) is 6.07 Å². The van der Waals surface area contributed by atoms with Crippen molar-refractivity contribution >= 4 is 17.3 Å². The molecule has 0 fully saturated rings. The molecular formula is C22H23NO6S. The molecule has 2 aromatic carbocycles. The minimum absolute atomic E-state index is 0.0201. The molecule has 0 spiro atoms. The van der Waals surface area contributed by atoms with Gasteiger partial charge in [-0.2, -0.15) is 0 Å². The molecule has 8 heteroatoms. The number of ether oxygens (including phenoxy) is 3. The molecule has 1 heterocycles. The molecule has 0 aliphatic rings. The molecule has 30 heavy (non-hydrogen) atoms. The lowest BCUT2D eigenvalue weighted by Gasteiger charge is -2.11. The number of phenols is 1. The van der Waals surface area contributed by atoms with Gasteiger partial charge in [0.25, 0.3) is 0 Å². The molecule has 158 valence electrons. The van der Waals surface area contributed by atoms with Gasteiger partial charge in [0.15, 0.2) is 11.5 Å². The van der Waals surface area contributed by atoms with Gasteiger partial charge in [0.2, 0.25) is 0 Å². The second-order valence-electron chi connectivity index (χ2n) is 6.25. The van der Waals surface area contributed by atoms with Gasteiger partial charge in [-0.1, -0.05) is 0 Å². The van der Waals surface area contributed by atoms with Crippen molar-refractivity contribution in [3.63, 3.8) is 0 Å². The van der Waals surface area contributed by atoms with Gasteiger partial charge < -0.3 is 24.4 Å². The Morgan fingerprint density at radius 2 is 1.80 bits per heavy atom. The number of aromatic hydroxyl groups is 1. The molecule has 0 aliphatic carbocycles. The number of aliphatic hydroxyl groups excluding tert-OH is 1. The van der Waals surface area contributed by atoms with Crippen molar-refractivity contribution in [1.29, 1.82) is 0 Å². The lowest BCUT2D eigenvalue weighted by Crippen LogP contribution is -2.04. The molecular weight excluding hydrogens is 406 g/mol. The van der Waals surface area contributed by atoms with Crippen molar-refractivity contribution in [1.82, 2.24) is 4.98 Å². The molecule has 0 atom stereocenters. The van der Waals surface area contributed by atoms with Crippen molar-refractivity contribution in [3.8, 4) is 39.1 Å². The Kier molecular flexibility index (Phi) is 6.91. The highest BCUT2D eigenvalue weighted by atomic mass is 32.1. The predicted octanol–water partition coefficient (Wildman–Crippen LogP) is 4.26. The van der Waals surface area contributed by atoms with E-state index >= 15 is 0 Å². The number of esters is 1. The number of methoxy groups -OCH3 is 1. The highest BCUT2D eigenvalue weighted by Gasteiger charge is 2.19. The van der Waals surface area contributed by atoms with Crippen LogP contribution >= 0.6 is 11.3 Å². The number of nitrogens with zero attached hydrogens (tertiary/aromatic N) is 1. The van der Waals surface area contributed by atoms with Crippen LogP contribution in [-0.4, -0.2) is 41.5 Å². The summed E-state index contributed by atoms with van der Waals surface area (Å²) in [6.07, 6.45) is 0. The Bertz CT molecular complexity index is 1050. The highest BCUT2D eigenvalue weighted by molar-refractivity contribution is 7.13. The second kappa shape index (κ2) is 9.60. The summed E-state index contributed by atoms with van der Waals surface area (Å²) in [6.45, 7) is 4.46. The van der Waals surface area contributed by atoms with Crippen molar-refractivity contribution in [2.45, 2.75) is 20.5 Å². The van der Waals surface area contributed by atoms with Crippen molar-refractivity contribution in [3.05, 3.63) is 46.8 Å². The lowest BCUT2D eigenvalue weighted by atomic mass is 10.0. The zero-order chi connectivity index (χ0) is 21.7. The van der Waals surface area contributed by atoms with E-state index in [0.29, 0.717) is 36.0 Å². The van der Waals surface area contributed by atoms with Crippen molar-refractivity contribution in [2.75, 3.05) is 20.3 Å². The Labute approximate surface area is 178 Å². The summed E-state index contributed by atoms with van der Waals surface area (Å²) in [5.74, 6) is 0.339. The maximum absolute atomic E-state index is 12.0. The predicted molar refractivity (Wildman–Crippen MR) is 114 cm³/mol. The van der Waals surface area contributed by atoms with Crippen LogP contribution in [0.2, 0.25) is 0 Å². The van der Waals surface area contributed by atoms with Crippen LogP contribution in [0, 0.1) is 0 Å². The number of thiazole rings is 1. The minimum Gasteiger partial charge on any atom is -0.507 e. The Morgan fingerprint density at radius 3 is 2.47 bits per heavy atom. The first-order valence-electron chi connectivity index (χ1n) is 9.43. The number of hydrogen-bond donors (Lipinski definition) is 2. The smallest absolute Gasteiger partial charge is 0.341 e. The first kappa shape index (κ1) is 21.6. The van der Waals surface area contributed by atoms with Crippen LogP contribution in [0.3, 0.4) is 0 Å². The highest BCUT2D eigenvalue weighted by Crippen LogP contribution is 2.37.